The minimum atomic E-state index is -0.544. The Morgan fingerprint density at radius 3 is 2.47 bits per heavy atom. The Kier molecular flexibility index (Phi) is 4.93. The van der Waals surface area contributed by atoms with E-state index in [-0.39, 0.29) is 5.78 Å². The molecule has 0 aromatic heterocycles. The van der Waals surface area contributed by atoms with Crippen LogP contribution in [0.5, 0.6) is 0 Å². The minimum absolute atomic E-state index is 0.0901. The first kappa shape index (κ1) is 13.5. The van der Waals surface area contributed by atoms with Crippen molar-refractivity contribution in [1.29, 1.82) is 5.26 Å². The standard InChI is InChI=1S/C14H14ClNO/c1-10(3-4-13(9-16)11(2)17)12-5-7-14(15)8-6-12/h3,5-8,13H,4H2,1-2H3. The Bertz CT molecular complexity index is 468. The molecule has 0 N–H and O–H groups in total. The third-order valence-electron chi connectivity index (χ3n) is 2.61. The monoisotopic (exact) mass is 247 g/mol. The highest BCUT2D eigenvalue weighted by Crippen LogP contribution is 2.18. The van der Waals surface area contributed by atoms with Crippen LogP contribution in [0, 0.1) is 17.2 Å². The van der Waals surface area contributed by atoms with Crippen LogP contribution in [0.3, 0.4) is 0 Å². The predicted octanol–water partition coefficient (Wildman–Crippen LogP) is 3.86. The van der Waals surface area contributed by atoms with E-state index in [0.29, 0.717) is 11.4 Å². The number of Topliss-reactive ketones (excluding diaryl/α,β-unsaturated/α-hetero) is 1. The summed E-state index contributed by atoms with van der Waals surface area (Å²) in [6.07, 6.45) is 2.37. The van der Waals surface area contributed by atoms with E-state index in [1.807, 2.05) is 43.3 Å². The number of nitriles is 1. The summed E-state index contributed by atoms with van der Waals surface area (Å²) >= 11 is 5.80. The molecular formula is C14H14ClNO. The Hall–Kier alpha value is -1.59. The molecule has 88 valence electrons. The van der Waals surface area contributed by atoms with Crippen LogP contribution in [0.15, 0.2) is 30.3 Å². The van der Waals surface area contributed by atoms with Crippen molar-refractivity contribution in [3.8, 4) is 6.07 Å². The minimum Gasteiger partial charge on any atom is -0.299 e. The fraction of sp³-hybridized carbons (Fsp3) is 0.286. The van der Waals surface area contributed by atoms with Crippen molar-refractivity contribution in [3.05, 3.63) is 40.9 Å². The van der Waals surface area contributed by atoms with E-state index >= 15 is 0 Å². The molecule has 0 heterocycles. The van der Waals surface area contributed by atoms with Crippen molar-refractivity contribution in [2.45, 2.75) is 20.3 Å². The van der Waals surface area contributed by atoms with Gasteiger partial charge in [0, 0.05) is 5.02 Å². The van der Waals surface area contributed by atoms with Crippen LogP contribution in [0.2, 0.25) is 5.02 Å². The summed E-state index contributed by atoms with van der Waals surface area (Å²) in [6.45, 7) is 3.40. The maximum absolute atomic E-state index is 11.1. The van der Waals surface area contributed by atoms with E-state index in [4.69, 9.17) is 16.9 Å². The maximum atomic E-state index is 11.1. The smallest absolute Gasteiger partial charge is 0.147 e. The van der Waals surface area contributed by atoms with Gasteiger partial charge in [-0.15, -0.1) is 0 Å². The SMILES string of the molecule is CC(=O)C(C#N)CC=C(C)c1ccc(Cl)cc1. The van der Waals surface area contributed by atoms with Crippen LogP contribution in [-0.4, -0.2) is 5.78 Å². The van der Waals surface area contributed by atoms with Crippen molar-refractivity contribution in [2.24, 2.45) is 5.92 Å². The Labute approximate surface area is 107 Å². The number of carbonyl (C=O) groups is 1. The average Bonchev–Trinajstić information content (AvgIpc) is 2.30. The summed E-state index contributed by atoms with van der Waals surface area (Å²) in [5, 5.41) is 9.49. The molecular weight excluding hydrogens is 234 g/mol. The molecule has 1 rings (SSSR count). The molecule has 1 unspecified atom stereocenters. The summed E-state index contributed by atoms with van der Waals surface area (Å²) < 4.78 is 0. The zero-order valence-corrected chi connectivity index (χ0v) is 10.7. The van der Waals surface area contributed by atoms with Crippen LogP contribution >= 0.6 is 11.6 Å². The first-order valence-electron chi connectivity index (χ1n) is 5.37. The Morgan fingerprint density at radius 2 is 2.00 bits per heavy atom. The van der Waals surface area contributed by atoms with Gasteiger partial charge >= 0.3 is 0 Å². The van der Waals surface area contributed by atoms with Crippen molar-refractivity contribution in [1.82, 2.24) is 0 Å². The summed E-state index contributed by atoms with van der Waals surface area (Å²) in [5.41, 5.74) is 2.10. The van der Waals surface area contributed by atoms with Crippen LogP contribution in [-0.2, 0) is 4.79 Å². The van der Waals surface area contributed by atoms with E-state index in [1.54, 1.807) is 0 Å². The van der Waals surface area contributed by atoms with Gasteiger partial charge in [0.1, 0.15) is 11.7 Å². The van der Waals surface area contributed by atoms with Gasteiger partial charge in [0.15, 0.2) is 0 Å². The summed E-state index contributed by atoms with van der Waals surface area (Å²) in [4.78, 5) is 11.1. The number of ketones is 1. The number of nitrogens with zero attached hydrogens (tertiary/aromatic N) is 1. The van der Waals surface area contributed by atoms with Gasteiger partial charge in [-0.05, 0) is 43.5 Å². The average molecular weight is 248 g/mol. The third-order valence-corrected chi connectivity index (χ3v) is 2.86. The molecule has 17 heavy (non-hydrogen) atoms. The summed E-state index contributed by atoms with van der Waals surface area (Å²) in [6, 6.07) is 9.48. The molecule has 3 heteroatoms. The van der Waals surface area contributed by atoms with Crippen molar-refractivity contribution in [3.63, 3.8) is 0 Å². The zero-order chi connectivity index (χ0) is 12.8. The van der Waals surface area contributed by atoms with Gasteiger partial charge in [0.25, 0.3) is 0 Å². The van der Waals surface area contributed by atoms with Crippen molar-refractivity contribution < 1.29 is 4.79 Å². The molecule has 1 aromatic rings. The molecule has 0 saturated carbocycles. The highest BCUT2D eigenvalue weighted by Gasteiger charge is 2.10. The lowest BCUT2D eigenvalue weighted by atomic mass is 9.99. The fourth-order valence-electron chi connectivity index (χ4n) is 1.43. The molecule has 0 aliphatic rings. The molecule has 0 spiro atoms. The van der Waals surface area contributed by atoms with Crippen molar-refractivity contribution >= 4 is 23.0 Å². The molecule has 0 aliphatic heterocycles. The lowest BCUT2D eigenvalue weighted by Crippen LogP contribution is -2.06. The first-order chi connectivity index (χ1) is 8.04. The summed E-state index contributed by atoms with van der Waals surface area (Å²) in [5.74, 6) is -0.634. The van der Waals surface area contributed by atoms with E-state index < -0.39 is 5.92 Å². The first-order valence-corrected chi connectivity index (χ1v) is 5.75. The zero-order valence-electron chi connectivity index (χ0n) is 9.90. The highest BCUT2D eigenvalue weighted by molar-refractivity contribution is 6.30. The molecule has 0 radical (unpaired) electrons. The second-order valence-electron chi connectivity index (χ2n) is 3.92. The highest BCUT2D eigenvalue weighted by atomic mass is 35.5. The predicted molar refractivity (Wildman–Crippen MR) is 69.5 cm³/mol. The lowest BCUT2D eigenvalue weighted by Gasteiger charge is -2.04. The van der Waals surface area contributed by atoms with Gasteiger partial charge in [-0.2, -0.15) is 5.26 Å². The summed E-state index contributed by atoms with van der Waals surface area (Å²) in [7, 11) is 0. The van der Waals surface area contributed by atoms with E-state index in [2.05, 4.69) is 0 Å². The molecule has 0 fully saturated rings. The van der Waals surface area contributed by atoms with Crippen LogP contribution in [0.1, 0.15) is 25.8 Å². The van der Waals surface area contributed by atoms with Gasteiger partial charge in [-0.1, -0.05) is 29.8 Å². The number of hydrogen-bond donors (Lipinski definition) is 0. The second kappa shape index (κ2) is 6.22. The van der Waals surface area contributed by atoms with Gasteiger partial charge < -0.3 is 0 Å². The van der Waals surface area contributed by atoms with Gasteiger partial charge in [-0.25, -0.2) is 0 Å². The van der Waals surface area contributed by atoms with Crippen LogP contribution in [0.4, 0.5) is 0 Å². The number of benzene rings is 1. The topological polar surface area (TPSA) is 40.9 Å². The second-order valence-corrected chi connectivity index (χ2v) is 4.36. The fourth-order valence-corrected chi connectivity index (χ4v) is 1.56. The third kappa shape index (κ3) is 4.05. The molecule has 0 aliphatic carbocycles. The Balaban J connectivity index is 2.76. The van der Waals surface area contributed by atoms with Gasteiger partial charge in [0.05, 0.1) is 6.07 Å². The molecule has 0 saturated heterocycles. The lowest BCUT2D eigenvalue weighted by molar-refractivity contribution is -0.119. The number of allylic oxidation sites excluding steroid dienone is 2. The number of hydrogen-bond acceptors (Lipinski definition) is 2. The Morgan fingerprint density at radius 1 is 1.41 bits per heavy atom. The largest absolute Gasteiger partial charge is 0.299 e. The van der Waals surface area contributed by atoms with E-state index in [9.17, 15) is 4.79 Å². The van der Waals surface area contributed by atoms with Gasteiger partial charge in [0.2, 0.25) is 0 Å². The van der Waals surface area contributed by atoms with E-state index in [1.165, 1.54) is 6.92 Å². The molecule has 0 bridgehead atoms. The molecule has 1 aromatic carbocycles. The van der Waals surface area contributed by atoms with Crippen LogP contribution in [0.25, 0.3) is 5.57 Å². The molecule has 1 atom stereocenters. The van der Waals surface area contributed by atoms with Crippen molar-refractivity contribution in [2.75, 3.05) is 0 Å². The number of halogens is 1. The molecule has 2 nitrogen and oxygen atoms in total. The van der Waals surface area contributed by atoms with Crippen LogP contribution < -0.4 is 0 Å². The number of carbonyl (C=O) groups excluding carboxylic acids is 1. The normalized spacial score (nSPS) is 12.9. The van der Waals surface area contributed by atoms with E-state index in [0.717, 1.165) is 11.1 Å². The molecule has 0 amide bonds. The van der Waals surface area contributed by atoms with Gasteiger partial charge in [-0.3, -0.25) is 4.79 Å². The maximum Gasteiger partial charge on any atom is 0.147 e. The number of rotatable bonds is 4. The quantitative estimate of drug-likeness (QED) is 0.811.